The third-order valence-electron chi connectivity index (χ3n) is 4.05. The van der Waals surface area contributed by atoms with Crippen molar-refractivity contribution >= 4 is 41.3 Å². The van der Waals surface area contributed by atoms with Crippen molar-refractivity contribution in [1.82, 2.24) is 20.2 Å². The molecule has 136 valence electrons. The van der Waals surface area contributed by atoms with Gasteiger partial charge in [0.1, 0.15) is 11.1 Å². The number of aryl methyl sites for hydroxylation is 2. The van der Waals surface area contributed by atoms with E-state index in [1.807, 2.05) is 32.2 Å². The minimum atomic E-state index is 0. The second kappa shape index (κ2) is 9.33. The average molecular weight is 473 g/mol. The Balaban J connectivity index is 0.00000225. The van der Waals surface area contributed by atoms with Crippen LogP contribution in [0.1, 0.15) is 22.0 Å². The fraction of sp³-hybridized carbons (Fsp3) is 0.471. The molecule has 0 radical (unpaired) electrons. The molecule has 0 bridgehead atoms. The van der Waals surface area contributed by atoms with Crippen molar-refractivity contribution in [3.63, 3.8) is 0 Å². The largest absolute Gasteiger partial charge is 0.472 e. The molecule has 0 spiro atoms. The number of ether oxygens (including phenoxy) is 1. The standard InChI is InChI=1S/C17H23N5OS.HI/c1-12-13(2)24-16(21-12)10-20-17(18-3)22-9-7-14(11-22)23-15-6-4-5-8-19-15;/h4-6,8,14H,7,9-11H2,1-3H3,(H,18,20);1H. The zero-order chi connectivity index (χ0) is 16.9. The lowest BCUT2D eigenvalue weighted by atomic mass is 10.3. The fourth-order valence-corrected chi connectivity index (χ4v) is 3.58. The molecule has 1 aliphatic rings. The van der Waals surface area contributed by atoms with Crippen LogP contribution in [0.25, 0.3) is 0 Å². The first-order valence-electron chi connectivity index (χ1n) is 8.12. The molecule has 8 heteroatoms. The zero-order valence-corrected chi connectivity index (χ0v) is 17.9. The summed E-state index contributed by atoms with van der Waals surface area (Å²) in [6.45, 7) is 6.59. The van der Waals surface area contributed by atoms with Gasteiger partial charge in [0.2, 0.25) is 5.88 Å². The number of thiazole rings is 1. The van der Waals surface area contributed by atoms with Gasteiger partial charge in [0.15, 0.2) is 5.96 Å². The van der Waals surface area contributed by atoms with E-state index in [9.17, 15) is 0 Å². The summed E-state index contributed by atoms with van der Waals surface area (Å²) < 4.78 is 5.94. The number of hydrogen-bond donors (Lipinski definition) is 1. The molecule has 1 aliphatic heterocycles. The smallest absolute Gasteiger partial charge is 0.213 e. The van der Waals surface area contributed by atoms with Gasteiger partial charge in [-0.25, -0.2) is 9.97 Å². The second-order valence-electron chi connectivity index (χ2n) is 5.79. The summed E-state index contributed by atoms with van der Waals surface area (Å²) in [4.78, 5) is 16.7. The van der Waals surface area contributed by atoms with Gasteiger partial charge in [-0.2, -0.15) is 0 Å². The molecule has 3 rings (SSSR count). The van der Waals surface area contributed by atoms with Crippen LogP contribution in [0.4, 0.5) is 0 Å². The van der Waals surface area contributed by atoms with Crippen LogP contribution in [0.3, 0.4) is 0 Å². The van der Waals surface area contributed by atoms with Crippen molar-refractivity contribution < 1.29 is 4.74 Å². The lowest BCUT2D eigenvalue weighted by Gasteiger charge is -2.21. The first-order chi connectivity index (χ1) is 11.7. The summed E-state index contributed by atoms with van der Waals surface area (Å²) in [5, 5.41) is 4.49. The molecule has 25 heavy (non-hydrogen) atoms. The van der Waals surface area contributed by atoms with Crippen LogP contribution in [-0.4, -0.2) is 47.1 Å². The van der Waals surface area contributed by atoms with Gasteiger partial charge in [0.25, 0.3) is 0 Å². The molecule has 2 aromatic heterocycles. The molecule has 3 heterocycles. The zero-order valence-electron chi connectivity index (χ0n) is 14.7. The van der Waals surface area contributed by atoms with E-state index in [2.05, 4.69) is 32.1 Å². The van der Waals surface area contributed by atoms with E-state index in [1.54, 1.807) is 17.5 Å². The van der Waals surface area contributed by atoms with E-state index in [4.69, 9.17) is 4.74 Å². The van der Waals surface area contributed by atoms with Gasteiger partial charge in [0, 0.05) is 37.2 Å². The van der Waals surface area contributed by atoms with Gasteiger partial charge in [-0.1, -0.05) is 6.07 Å². The molecule has 0 aliphatic carbocycles. The number of hydrogen-bond acceptors (Lipinski definition) is 5. The number of nitrogens with one attached hydrogen (secondary N) is 1. The number of aromatic nitrogens is 2. The van der Waals surface area contributed by atoms with Crippen LogP contribution in [-0.2, 0) is 6.54 Å². The molecule has 1 saturated heterocycles. The topological polar surface area (TPSA) is 62.6 Å². The number of likely N-dealkylation sites (tertiary alicyclic amines) is 1. The summed E-state index contributed by atoms with van der Waals surface area (Å²) in [6.07, 6.45) is 2.86. The predicted molar refractivity (Wildman–Crippen MR) is 112 cm³/mol. The molecule has 1 N–H and O–H groups in total. The number of halogens is 1. The first-order valence-corrected chi connectivity index (χ1v) is 8.93. The Morgan fingerprint density at radius 1 is 1.44 bits per heavy atom. The molecule has 6 nitrogen and oxygen atoms in total. The second-order valence-corrected chi connectivity index (χ2v) is 7.08. The molecule has 2 aromatic rings. The normalized spacial score (nSPS) is 17.3. The molecular weight excluding hydrogens is 449 g/mol. The van der Waals surface area contributed by atoms with E-state index in [0.29, 0.717) is 12.4 Å². The van der Waals surface area contributed by atoms with Crippen molar-refractivity contribution in [3.8, 4) is 5.88 Å². The summed E-state index contributed by atoms with van der Waals surface area (Å²) >= 11 is 1.73. The van der Waals surface area contributed by atoms with E-state index >= 15 is 0 Å². The number of rotatable bonds is 4. The highest BCUT2D eigenvalue weighted by atomic mass is 127. The molecular formula is C17H24IN5OS. The Bertz CT molecular complexity index is 687. The molecule has 1 unspecified atom stereocenters. The van der Waals surface area contributed by atoms with Crippen LogP contribution in [0.2, 0.25) is 0 Å². The van der Waals surface area contributed by atoms with Gasteiger partial charge in [-0.3, -0.25) is 4.99 Å². The Hall–Kier alpha value is -1.42. The van der Waals surface area contributed by atoms with Crippen LogP contribution < -0.4 is 10.1 Å². The summed E-state index contributed by atoms with van der Waals surface area (Å²) in [5.41, 5.74) is 1.11. The third-order valence-corrected chi connectivity index (χ3v) is 5.12. The first kappa shape index (κ1) is 19.9. The molecule has 0 saturated carbocycles. The Morgan fingerprint density at radius 2 is 2.28 bits per heavy atom. The van der Waals surface area contributed by atoms with Crippen molar-refractivity contribution in [2.75, 3.05) is 20.1 Å². The summed E-state index contributed by atoms with van der Waals surface area (Å²) in [7, 11) is 1.81. The maximum atomic E-state index is 5.94. The van der Waals surface area contributed by atoms with Gasteiger partial charge in [-0.05, 0) is 19.9 Å². The van der Waals surface area contributed by atoms with Crippen molar-refractivity contribution in [2.24, 2.45) is 4.99 Å². The number of guanidine groups is 1. The quantitative estimate of drug-likeness (QED) is 0.421. The van der Waals surface area contributed by atoms with E-state index in [-0.39, 0.29) is 30.1 Å². The Morgan fingerprint density at radius 3 is 2.92 bits per heavy atom. The van der Waals surface area contributed by atoms with E-state index in [0.717, 1.165) is 36.2 Å². The third kappa shape index (κ3) is 5.27. The van der Waals surface area contributed by atoms with E-state index < -0.39 is 0 Å². The van der Waals surface area contributed by atoms with Crippen LogP contribution in [0.15, 0.2) is 29.4 Å². The minimum Gasteiger partial charge on any atom is -0.472 e. The Labute approximate surface area is 169 Å². The SMILES string of the molecule is CN=C(NCc1nc(C)c(C)s1)N1CCC(Oc2ccccn2)C1.I. The maximum absolute atomic E-state index is 5.94. The number of aliphatic imine (C=N–C) groups is 1. The highest BCUT2D eigenvalue weighted by Crippen LogP contribution is 2.18. The minimum absolute atomic E-state index is 0. The maximum Gasteiger partial charge on any atom is 0.213 e. The lowest BCUT2D eigenvalue weighted by Crippen LogP contribution is -2.40. The highest BCUT2D eigenvalue weighted by molar-refractivity contribution is 14.0. The van der Waals surface area contributed by atoms with Crippen molar-refractivity contribution in [1.29, 1.82) is 0 Å². The number of nitrogens with zero attached hydrogens (tertiary/aromatic N) is 4. The predicted octanol–water partition coefficient (Wildman–Crippen LogP) is 3.00. The van der Waals surface area contributed by atoms with E-state index in [1.165, 1.54) is 4.88 Å². The van der Waals surface area contributed by atoms with Gasteiger partial charge >= 0.3 is 0 Å². The molecule has 1 fully saturated rings. The number of pyridine rings is 1. The molecule has 1 atom stereocenters. The molecule has 0 aromatic carbocycles. The highest BCUT2D eigenvalue weighted by Gasteiger charge is 2.26. The van der Waals surface area contributed by atoms with Crippen LogP contribution in [0, 0.1) is 13.8 Å². The van der Waals surface area contributed by atoms with Crippen molar-refractivity contribution in [2.45, 2.75) is 32.9 Å². The monoisotopic (exact) mass is 473 g/mol. The fourth-order valence-electron chi connectivity index (χ4n) is 2.71. The average Bonchev–Trinajstić information content (AvgIpc) is 3.16. The van der Waals surface area contributed by atoms with Gasteiger partial charge in [0.05, 0.1) is 18.8 Å². The lowest BCUT2D eigenvalue weighted by molar-refractivity contribution is 0.205. The summed E-state index contributed by atoms with van der Waals surface area (Å²) in [5.74, 6) is 1.58. The summed E-state index contributed by atoms with van der Waals surface area (Å²) in [6, 6.07) is 5.72. The van der Waals surface area contributed by atoms with Gasteiger partial charge < -0.3 is 15.0 Å². The Kier molecular flexibility index (Phi) is 7.42. The van der Waals surface area contributed by atoms with Crippen LogP contribution in [0.5, 0.6) is 5.88 Å². The van der Waals surface area contributed by atoms with Crippen LogP contribution >= 0.6 is 35.3 Å². The molecule has 0 amide bonds. The van der Waals surface area contributed by atoms with Gasteiger partial charge in [-0.15, -0.1) is 35.3 Å². The van der Waals surface area contributed by atoms with Crippen molar-refractivity contribution in [3.05, 3.63) is 40.0 Å².